The van der Waals surface area contributed by atoms with E-state index >= 15 is 0 Å². The lowest BCUT2D eigenvalue weighted by atomic mass is 10.2. The molecule has 1 aromatic carbocycles. The minimum absolute atomic E-state index is 0.0252. The van der Waals surface area contributed by atoms with E-state index < -0.39 is 27.3 Å². The van der Waals surface area contributed by atoms with Crippen LogP contribution >= 0.6 is 0 Å². The normalized spacial score (nSPS) is 17.0. The SMILES string of the molecule is O=C1CCN(S(=O)(=O)c2ccc(O)c(C(=O)O)c2)CCN1. The molecule has 0 atom stereocenters. The zero-order chi connectivity index (χ0) is 15.6. The fraction of sp³-hybridized carbons (Fsp3) is 0.333. The number of sulfonamides is 1. The number of carboxylic acid groups (broad SMARTS) is 1. The number of nitrogens with one attached hydrogen (secondary N) is 1. The number of aromatic hydroxyl groups is 1. The van der Waals surface area contributed by atoms with Gasteiger partial charge in [0.15, 0.2) is 0 Å². The van der Waals surface area contributed by atoms with E-state index in [2.05, 4.69) is 5.32 Å². The molecule has 0 spiro atoms. The van der Waals surface area contributed by atoms with Crippen LogP contribution in [0.25, 0.3) is 0 Å². The Morgan fingerprint density at radius 2 is 2.00 bits per heavy atom. The van der Waals surface area contributed by atoms with Crippen LogP contribution < -0.4 is 5.32 Å². The van der Waals surface area contributed by atoms with Gasteiger partial charge in [0.2, 0.25) is 15.9 Å². The topological polar surface area (TPSA) is 124 Å². The standard InChI is InChI=1S/C12H14N2O6S/c15-10-2-1-8(7-9(10)12(17)18)21(19,20)14-5-3-11(16)13-4-6-14/h1-2,7,15H,3-6H2,(H,13,16)(H,17,18). The van der Waals surface area contributed by atoms with E-state index in [4.69, 9.17) is 5.11 Å². The first kappa shape index (κ1) is 15.3. The molecule has 1 aliphatic rings. The lowest BCUT2D eigenvalue weighted by molar-refractivity contribution is -0.120. The van der Waals surface area contributed by atoms with Gasteiger partial charge in [-0.25, -0.2) is 13.2 Å². The van der Waals surface area contributed by atoms with E-state index in [0.29, 0.717) is 0 Å². The van der Waals surface area contributed by atoms with Crippen molar-refractivity contribution < 1.29 is 28.2 Å². The molecule has 3 N–H and O–H groups in total. The molecule has 0 aliphatic carbocycles. The molecule has 0 aromatic heterocycles. The van der Waals surface area contributed by atoms with E-state index in [0.717, 1.165) is 22.5 Å². The van der Waals surface area contributed by atoms with Crippen LogP contribution in [-0.4, -0.2) is 54.4 Å². The third-order valence-electron chi connectivity index (χ3n) is 3.11. The summed E-state index contributed by atoms with van der Waals surface area (Å²) in [6.45, 7) is 0.330. The number of benzene rings is 1. The summed E-state index contributed by atoms with van der Waals surface area (Å²) in [6.07, 6.45) is 0.0447. The number of phenols is 1. The molecular weight excluding hydrogens is 300 g/mol. The molecule has 114 valence electrons. The second-order valence-electron chi connectivity index (χ2n) is 4.49. The Kier molecular flexibility index (Phi) is 4.14. The van der Waals surface area contributed by atoms with Crippen molar-refractivity contribution in [1.82, 2.24) is 9.62 Å². The molecule has 2 rings (SSSR count). The Morgan fingerprint density at radius 3 is 2.67 bits per heavy atom. The third-order valence-corrected chi connectivity index (χ3v) is 5.00. The van der Waals surface area contributed by atoms with Gasteiger partial charge in [-0.2, -0.15) is 4.31 Å². The van der Waals surface area contributed by atoms with Crippen LogP contribution in [0.3, 0.4) is 0 Å². The minimum Gasteiger partial charge on any atom is -0.507 e. The summed E-state index contributed by atoms with van der Waals surface area (Å²) in [6, 6.07) is 3.07. The third kappa shape index (κ3) is 3.14. The molecule has 1 saturated heterocycles. The summed E-state index contributed by atoms with van der Waals surface area (Å²) in [5, 5.41) is 20.9. The molecule has 1 aliphatic heterocycles. The zero-order valence-electron chi connectivity index (χ0n) is 10.9. The smallest absolute Gasteiger partial charge is 0.339 e. The fourth-order valence-electron chi connectivity index (χ4n) is 1.98. The van der Waals surface area contributed by atoms with Gasteiger partial charge < -0.3 is 15.5 Å². The Labute approximate surface area is 121 Å². The van der Waals surface area contributed by atoms with Gasteiger partial charge in [-0.3, -0.25) is 4.79 Å². The molecule has 1 heterocycles. The zero-order valence-corrected chi connectivity index (χ0v) is 11.8. The Balaban J connectivity index is 2.37. The van der Waals surface area contributed by atoms with Gasteiger partial charge in [0, 0.05) is 26.1 Å². The summed E-state index contributed by atoms with van der Waals surface area (Å²) >= 11 is 0. The van der Waals surface area contributed by atoms with Crippen molar-refractivity contribution in [1.29, 1.82) is 0 Å². The van der Waals surface area contributed by atoms with Crippen molar-refractivity contribution in [2.75, 3.05) is 19.6 Å². The summed E-state index contributed by atoms with van der Waals surface area (Å²) in [5.74, 6) is -2.16. The highest BCUT2D eigenvalue weighted by Crippen LogP contribution is 2.24. The number of rotatable bonds is 3. The molecule has 0 saturated carbocycles. The van der Waals surface area contributed by atoms with E-state index in [1.165, 1.54) is 0 Å². The maximum Gasteiger partial charge on any atom is 0.339 e. The number of carbonyl (C=O) groups is 2. The number of hydrogen-bond donors (Lipinski definition) is 3. The highest BCUT2D eigenvalue weighted by Gasteiger charge is 2.28. The molecule has 8 nitrogen and oxygen atoms in total. The summed E-state index contributed by atoms with van der Waals surface area (Å²) in [7, 11) is -3.91. The first-order valence-electron chi connectivity index (χ1n) is 6.15. The van der Waals surface area contributed by atoms with Crippen LogP contribution in [0.1, 0.15) is 16.8 Å². The Bertz CT molecular complexity index is 685. The predicted octanol–water partition coefficient (Wildman–Crippen LogP) is -0.399. The van der Waals surface area contributed by atoms with Gasteiger partial charge in [-0.1, -0.05) is 0 Å². The lowest BCUT2D eigenvalue weighted by Crippen LogP contribution is -2.34. The van der Waals surface area contributed by atoms with Crippen LogP contribution in [0.5, 0.6) is 5.75 Å². The molecule has 0 radical (unpaired) electrons. The monoisotopic (exact) mass is 314 g/mol. The first-order chi connectivity index (χ1) is 9.82. The average molecular weight is 314 g/mol. The molecule has 21 heavy (non-hydrogen) atoms. The van der Waals surface area contributed by atoms with Crippen molar-refractivity contribution in [3.8, 4) is 5.75 Å². The van der Waals surface area contributed by atoms with E-state index in [1.54, 1.807) is 0 Å². The van der Waals surface area contributed by atoms with Gasteiger partial charge in [0.05, 0.1) is 4.90 Å². The molecule has 9 heteroatoms. The molecule has 0 unspecified atom stereocenters. The highest BCUT2D eigenvalue weighted by molar-refractivity contribution is 7.89. The molecule has 1 aromatic rings. The van der Waals surface area contributed by atoms with Crippen molar-refractivity contribution in [2.24, 2.45) is 0 Å². The van der Waals surface area contributed by atoms with E-state index in [-0.39, 0.29) is 36.9 Å². The van der Waals surface area contributed by atoms with Crippen molar-refractivity contribution in [2.45, 2.75) is 11.3 Å². The maximum atomic E-state index is 12.4. The second kappa shape index (κ2) is 5.70. The maximum absolute atomic E-state index is 12.4. The number of aromatic carboxylic acids is 1. The van der Waals surface area contributed by atoms with Crippen LogP contribution in [-0.2, 0) is 14.8 Å². The second-order valence-corrected chi connectivity index (χ2v) is 6.43. The summed E-state index contributed by atoms with van der Waals surface area (Å²) in [4.78, 5) is 22.0. The molecule has 0 bridgehead atoms. The van der Waals surface area contributed by atoms with Gasteiger partial charge in [-0.05, 0) is 18.2 Å². The number of carboxylic acids is 1. The van der Waals surface area contributed by atoms with Crippen LogP contribution in [0.15, 0.2) is 23.1 Å². The van der Waals surface area contributed by atoms with E-state index in [9.17, 15) is 23.1 Å². The molecular formula is C12H14N2O6S. The predicted molar refractivity (Wildman–Crippen MR) is 71.5 cm³/mol. The number of nitrogens with zero attached hydrogens (tertiary/aromatic N) is 1. The van der Waals surface area contributed by atoms with Gasteiger partial charge in [0.25, 0.3) is 0 Å². The van der Waals surface area contributed by atoms with E-state index in [1.807, 2.05) is 0 Å². The highest BCUT2D eigenvalue weighted by atomic mass is 32.2. The van der Waals surface area contributed by atoms with Gasteiger partial charge >= 0.3 is 5.97 Å². The summed E-state index contributed by atoms with van der Waals surface area (Å²) in [5.41, 5.74) is -0.486. The van der Waals surface area contributed by atoms with Gasteiger partial charge in [0.1, 0.15) is 11.3 Å². The Morgan fingerprint density at radius 1 is 1.29 bits per heavy atom. The number of amides is 1. The van der Waals surface area contributed by atoms with Crippen molar-refractivity contribution >= 4 is 21.9 Å². The van der Waals surface area contributed by atoms with Crippen LogP contribution in [0, 0.1) is 0 Å². The summed E-state index contributed by atoms with van der Waals surface area (Å²) < 4.78 is 26.0. The quantitative estimate of drug-likeness (QED) is 0.697. The van der Waals surface area contributed by atoms with Crippen molar-refractivity contribution in [3.63, 3.8) is 0 Å². The van der Waals surface area contributed by atoms with Crippen LogP contribution in [0.4, 0.5) is 0 Å². The number of hydrogen-bond acceptors (Lipinski definition) is 5. The van der Waals surface area contributed by atoms with Gasteiger partial charge in [-0.15, -0.1) is 0 Å². The average Bonchev–Trinajstić information content (AvgIpc) is 2.63. The van der Waals surface area contributed by atoms with Crippen molar-refractivity contribution in [3.05, 3.63) is 23.8 Å². The molecule has 1 fully saturated rings. The fourth-order valence-corrected chi connectivity index (χ4v) is 3.45. The minimum atomic E-state index is -3.91. The first-order valence-corrected chi connectivity index (χ1v) is 7.59. The van der Waals surface area contributed by atoms with Crippen LogP contribution in [0.2, 0.25) is 0 Å². The molecule has 1 amide bonds. The largest absolute Gasteiger partial charge is 0.507 e. The Hall–Kier alpha value is -2.13. The number of carbonyl (C=O) groups excluding carboxylic acids is 1. The lowest BCUT2D eigenvalue weighted by Gasteiger charge is -2.19.